The van der Waals surface area contributed by atoms with Gasteiger partial charge in [0.1, 0.15) is 11.6 Å². The lowest BCUT2D eigenvalue weighted by Crippen LogP contribution is -2.52. The lowest BCUT2D eigenvalue weighted by Gasteiger charge is -2.36. The molecule has 5 nitrogen and oxygen atoms in total. The van der Waals surface area contributed by atoms with Crippen LogP contribution in [0.2, 0.25) is 0 Å². The second-order valence-corrected chi connectivity index (χ2v) is 7.38. The summed E-state index contributed by atoms with van der Waals surface area (Å²) in [6.07, 6.45) is 0.466. The summed E-state index contributed by atoms with van der Waals surface area (Å²) in [6.45, 7) is 2.51. The topological polar surface area (TPSA) is 52.7 Å². The van der Waals surface area contributed by atoms with E-state index in [0.29, 0.717) is 38.7 Å². The van der Waals surface area contributed by atoms with E-state index in [1.54, 1.807) is 4.90 Å². The highest BCUT2D eigenvalue weighted by molar-refractivity contribution is 7.99. The SMILES string of the molecule is O=C(CC1CSCCN1)N1CCN(C(=O)c2ccc(F)cc2F)CC1. The summed E-state index contributed by atoms with van der Waals surface area (Å²) in [6, 6.07) is 3.16. The van der Waals surface area contributed by atoms with Gasteiger partial charge in [0.05, 0.1) is 5.56 Å². The summed E-state index contributed by atoms with van der Waals surface area (Å²) >= 11 is 1.85. The van der Waals surface area contributed by atoms with Crippen LogP contribution >= 0.6 is 11.8 Å². The van der Waals surface area contributed by atoms with Crippen molar-refractivity contribution in [2.45, 2.75) is 12.5 Å². The summed E-state index contributed by atoms with van der Waals surface area (Å²) in [5, 5.41) is 3.34. The summed E-state index contributed by atoms with van der Waals surface area (Å²) in [7, 11) is 0. The number of benzene rings is 1. The summed E-state index contributed by atoms with van der Waals surface area (Å²) in [4.78, 5) is 28.0. The number of carbonyl (C=O) groups is 2. The fourth-order valence-corrected chi connectivity index (χ4v) is 4.03. The van der Waals surface area contributed by atoms with Crippen LogP contribution < -0.4 is 5.32 Å². The van der Waals surface area contributed by atoms with Gasteiger partial charge in [0, 0.05) is 62.8 Å². The second kappa shape index (κ2) is 8.14. The predicted octanol–water partition coefficient (Wildman–Crippen LogP) is 1.34. The fraction of sp³-hybridized carbons (Fsp3) is 0.529. The molecule has 0 radical (unpaired) electrons. The van der Waals surface area contributed by atoms with Gasteiger partial charge in [-0.05, 0) is 12.1 Å². The molecule has 136 valence electrons. The Labute approximate surface area is 149 Å². The molecule has 1 N–H and O–H groups in total. The predicted molar refractivity (Wildman–Crippen MR) is 92.6 cm³/mol. The van der Waals surface area contributed by atoms with E-state index in [1.165, 1.54) is 4.90 Å². The number of hydrogen-bond acceptors (Lipinski definition) is 4. The molecule has 2 aliphatic heterocycles. The summed E-state index contributed by atoms with van der Waals surface area (Å²) < 4.78 is 26.7. The molecule has 0 bridgehead atoms. The van der Waals surface area contributed by atoms with Crippen LogP contribution in [0.5, 0.6) is 0 Å². The lowest BCUT2D eigenvalue weighted by molar-refractivity contribution is -0.133. The van der Waals surface area contributed by atoms with E-state index in [1.807, 2.05) is 11.8 Å². The Morgan fingerprint density at radius 1 is 1.16 bits per heavy atom. The van der Waals surface area contributed by atoms with Crippen LogP contribution in [0.1, 0.15) is 16.8 Å². The maximum atomic E-state index is 13.8. The number of hydrogen-bond donors (Lipinski definition) is 1. The number of nitrogens with one attached hydrogen (secondary N) is 1. The van der Waals surface area contributed by atoms with E-state index < -0.39 is 17.5 Å². The van der Waals surface area contributed by atoms with E-state index in [-0.39, 0.29) is 17.5 Å². The normalized spacial score (nSPS) is 21.3. The van der Waals surface area contributed by atoms with Crippen LogP contribution in [0.4, 0.5) is 8.78 Å². The molecule has 2 amide bonds. The van der Waals surface area contributed by atoms with Gasteiger partial charge in [-0.15, -0.1) is 0 Å². The van der Waals surface area contributed by atoms with Crippen molar-refractivity contribution >= 4 is 23.6 Å². The molecule has 2 fully saturated rings. The van der Waals surface area contributed by atoms with Crippen LogP contribution in [-0.2, 0) is 4.79 Å². The lowest BCUT2D eigenvalue weighted by atomic mass is 10.1. The van der Waals surface area contributed by atoms with Gasteiger partial charge in [0.25, 0.3) is 5.91 Å². The molecule has 3 rings (SSSR count). The van der Waals surface area contributed by atoms with Crippen LogP contribution in [0, 0.1) is 11.6 Å². The standard InChI is InChI=1S/C17H21F2N3O2S/c18-12-1-2-14(15(19)9-12)17(24)22-6-4-21(5-7-22)16(23)10-13-11-25-8-3-20-13/h1-2,9,13,20H,3-8,10-11H2. The van der Waals surface area contributed by atoms with Crippen LogP contribution in [-0.4, -0.2) is 71.9 Å². The van der Waals surface area contributed by atoms with Crippen LogP contribution in [0.15, 0.2) is 18.2 Å². The molecule has 0 saturated carbocycles. The maximum Gasteiger partial charge on any atom is 0.256 e. The van der Waals surface area contributed by atoms with E-state index in [2.05, 4.69) is 5.32 Å². The average molecular weight is 369 g/mol. The first-order chi connectivity index (χ1) is 12.0. The molecule has 1 atom stereocenters. The zero-order valence-corrected chi connectivity index (χ0v) is 14.7. The molecule has 0 spiro atoms. The Balaban J connectivity index is 1.52. The summed E-state index contributed by atoms with van der Waals surface area (Å²) in [5.74, 6) is 0.0674. The van der Waals surface area contributed by atoms with Crippen molar-refractivity contribution in [3.63, 3.8) is 0 Å². The maximum absolute atomic E-state index is 13.8. The first kappa shape index (κ1) is 18.1. The molecular weight excluding hydrogens is 348 g/mol. The number of carbonyl (C=O) groups excluding carboxylic acids is 2. The number of amides is 2. The molecule has 0 aliphatic carbocycles. The Kier molecular flexibility index (Phi) is 5.90. The van der Waals surface area contributed by atoms with Crippen molar-refractivity contribution in [1.29, 1.82) is 0 Å². The molecule has 2 saturated heterocycles. The van der Waals surface area contributed by atoms with Gasteiger partial charge < -0.3 is 15.1 Å². The quantitative estimate of drug-likeness (QED) is 0.874. The molecule has 1 unspecified atom stereocenters. The number of nitrogens with zero attached hydrogens (tertiary/aromatic N) is 2. The number of halogens is 2. The van der Waals surface area contributed by atoms with Gasteiger partial charge in [-0.25, -0.2) is 8.78 Å². The van der Waals surface area contributed by atoms with Crippen LogP contribution in [0.3, 0.4) is 0 Å². The van der Waals surface area contributed by atoms with Gasteiger partial charge in [-0.1, -0.05) is 0 Å². The van der Waals surface area contributed by atoms with Gasteiger partial charge in [-0.3, -0.25) is 9.59 Å². The Bertz CT molecular complexity index is 645. The van der Waals surface area contributed by atoms with Crippen molar-refractivity contribution < 1.29 is 18.4 Å². The third-order valence-corrected chi connectivity index (χ3v) is 5.63. The van der Waals surface area contributed by atoms with Crippen molar-refractivity contribution in [2.75, 3.05) is 44.2 Å². The monoisotopic (exact) mass is 369 g/mol. The highest BCUT2D eigenvalue weighted by Gasteiger charge is 2.27. The molecular formula is C17H21F2N3O2S. The molecule has 8 heteroatoms. The highest BCUT2D eigenvalue weighted by atomic mass is 32.2. The van der Waals surface area contributed by atoms with Gasteiger partial charge in [-0.2, -0.15) is 11.8 Å². The zero-order valence-electron chi connectivity index (χ0n) is 13.8. The smallest absolute Gasteiger partial charge is 0.256 e. The molecule has 1 aromatic carbocycles. The van der Waals surface area contributed by atoms with E-state index in [0.717, 1.165) is 30.2 Å². The minimum atomic E-state index is -0.857. The molecule has 2 heterocycles. The number of thioether (sulfide) groups is 1. The van der Waals surface area contributed by atoms with Crippen molar-refractivity contribution in [3.8, 4) is 0 Å². The zero-order chi connectivity index (χ0) is 17.8. The number of rotatable bonds is 3. The number of piperazine rings is 1. The molecule has 0 aromatic heterocycles. The Morgan fingerprint density at radius 2 is 1.88 bits per heavy atom. The third-order valence-electron chi connectivity index (χ3n) is 4.50. The van der Waals surface area contributed by atoms with Crippen molar-refractivity contribution in [3.05, 3.63) is 35.4 Å². The van der Waals surface area contributed by atoms with Gasteiger partial charge in [0.2, 0.25) is 5.91 Å². The first-order valence-electron chi connectivity index (χ1n) is 8.38. The van der Waals surface area contributed by atoms with Gasteiger partial charge in [0.15, 0.2) is 0 Å². The minimum Gasteiger partial charge on any atom is -0.339 e. The van der Waals surface area contributed by atoms with E-state index in [9.17, 15) is 18.4 Å². The fourth-order valence-electron chi connectivity index (χ4n) is 3.08. The first-order valence-corrected chi connectivity index (χ1v) is 9.53. The molecule has 2 aliphatic rings. The van der Waals surface area contributed by atoms with Gasteiger partial charge >= 0.3 is 0 Å². The van der Waals surface area contributed by atoms with Crippen molar-refractivity contribution in [2.24, 2.45) is 0 Å². The Hall–Kier alpha value is -1.67. The second-order valence-electron chi connectivity index (χ2n) is 6.23. The highest BCUT2D eigenvalue weighted by Crippen LogP contribution is 2.16. The van der Waals surface area contributed by atoms with E-state index >= 15 is 0 Å². The molecule has 1 aromatic rings. The van der Waals surface area contributed by atoms with Crippen LogP contribution in [0.25, 0.3) is 0 Å². The van der Waals surface area contributed by atoms with E-state index in [4.69, 9.17) is 0 Å². The average Bonchev–Trinajstić information content (AvgIpc) is 2.62. The summed E-state index contributed by atoms with van der Waals surface area (Å²) in [5.41, 5.74) is -0.135. The largest absolute Gasteiger partial charge is 0.339 e. The molecule has 25 heavy (non-hydrogen) atoms. The minimum absolute atomic E-state index is 0.0834. The van der Waals surface area contributed by atoms with Crippen molar-refractivity contribution in [1.82, 2.24) is 15.1 Å². The third kappa shape index (κ3) is 4.49. The Morgan fingerprint density at radius 3 is 2.52 bits per heavy atom.